The number of rotatable bonds is 6. The van der Waals surface area contributed by atoms with E-state index in [1.54, 1.807) is 24.3 Å². The van der Waals surface area contributed by atoms with Gasteiger partial charge >= 0.3 is 12.2 Å². The fourth-order valence-electron chi connectivity index (χ4n) is 4.85. The third kappa shape index (κ3) is 9.50. The first-order chi connectivity index (χ1) is 22.5. The Morgan fingerprint density at radius 3 is 1.60 bits per heavy atom. The third-order valence-corrected chi connectivity index (χ3v) is 10.7. The molecule has 2 amide bonds. The summed E-state index contributed by atoms with van der Waals surface area (Å²) in [4.78, 5) is 26.0. The topological polar surface area (TPSA) is 154 Å². The van der Waals surface area contributed by atoms with Crippen molar-refractivity contribution in [3.8, 4) is 0 Å². The molecule has 2 fully saturated rings. The van der Waals surface area contributed by atoms with Crippen LogP contribution < -0.4 is 20.0 Å². The summed E-state index contributed by atoms with van der Waals surface area (Å²) in [5, 5.41) is 11.1. The number of nitrogens with zero attached hydrogens (tertiary/aromatic N) is 3. The van der Waals surface area contributed by atoms with Gasteiger partial charge < -0.3 is 19.6 Å². The fourth-order valence-corrected chi connectivity index (χ4v) is 7.25. The summed E-state index contributed by atoms with van der Waals surface area (Å²) in [7, 11) is -5.15. The standard InChI is InChI=1S/C18H18F2N2O4S.C12H14F2N2O4S/c19-15-10-14(21-18(23)26-12-13-4-2-1-3-5-13)11-16(20)17(15)22-6-8-27(24,25)9-7-22;1-15(12(17)18)8-6-9(13)11(10(14)7-8)16-2-4-21(19,20)5-3-16/h1-5,10-11H,6-9,12H2,(H,21,23);6-7H,2-5H2,1H3,(H,17,18). The number of carbonyl (C=O) groups is 2. The van der Waals surface area contributed by atoms with Crippen LogP contribution in [0, 0.1) is 23.3 Å². The molecule has 5 rings (SSSR count). The maximum absolute atomic E-state index is 14.4. The molecule has 2 aliphatic heterocycles. The number of anilines is 4. The van der Waals surface area contributed by atoms with Crippen LogP contribution in [0.25, 0.3) is 0 Å². The van der Waals surface area contributed by atoms with Crippen molar-refractivity contribution in [3.05, 3.63) is 83.4 Å². The minimum Gasteiger partial charge on any atom is -0.465 e. The molecule has 3 aromatic carbocycles. The third-order valence-electron chi connectivity index (χ3n) is 7.47. The van der Waals surface area contributed by atoms with E-state index in [2.05, 4.69) is 5.32 Å². The molecule has 0 spiro atoms. The van der Waals surface area contributed by atoms with Crippen LogP contribution in [0.5, 0.6) is 0 Å². The van der Waals surface area contributed by atoms with Crippen molar-refractivity contribution in [1.82, 2.24) is 0 Å². The largest absolute Gasteiger partial charge is 0.465 e. The minimum atomic E-state index is -3.16. The summed E-state index contributed by atoms with van der Waals surface area (Å²) in [6, 6.07) is 12.8. The lowest BCUT2D eigenvalue weighted by molar-refractivity contribution is 0.155. The Hall–Kier alpha value is -4.58. The number of benzene rings is 3. The van der Waals surface area contributed by atoms with E-state index in [4.69, 9.17) is 9.84 Å². The van der Waals surface area contributed by atoms with Crippen LogP contribution >= 0.6 is 0 Å². The van der Waals surface area contributed by atoms with Crippen molar-refractivity contribution >= 4 is 54.6 Å². The van der Waals surface area contributed by atoms with E-state index in [-0.39, 0.29) is 78.5 Å². The zero-order valence-corrected chi connectivity index (χ0v) is 27.2. The number of hydrogen-bond donors (Lipinski definition) is 2. The molecule has 0 unspecified atom stereocenters. The molecule has 12 nitrogen and oxygen atoms in total. The van der Waals surface area contributed by atoms with Crippen molar-refractivity contribution in [3.63, 3.8) is 0 Å². The molecule has 0 aromatic heterocycles. The van der Waals surface area contributed by atoms with Gasteiger partial charge in [0.05, 0.1) is 28.7 Å². The van der Waals surface area contributed by atoms with Crippen LogP contribution in [0.4, 0.5) is 49.9 Å². The summed E-state index contributed by atoms with van der Waals surface area (Å²) in [5.74, 6) is -4.24. The smallest absolute Gasteiger partial charge is 0.411 e. The highest BCUT2D eigenvalue weighted by atomic mass is 32.2. The average molecular weight is 717 g/mol. The van der Waals surface area contributed by atoms with Gasteiger partial charge in [-0.15, -0.1) is 0 Å². The first-order valence-corrected chi connectivity index (χ1v) is 18.0. The molecule has 3 aromatic rings. The fraction of sp³-hybridized carbons (Fsp3) is 0.333. The lowest BCUT2D eigenvalue weighted by Gasteiger charge is -2.29. The van der Waals surface area contributed by atoms with E-state index in [1.807, 2.05) is 6.07 Å². The second kappa shape index (κ2) is 15.1. The number of carboxylic acid groups (broad SMARTS) is 1. The predicted molar refractivity (Wildman–Crippen MR) is 171 cm³/mol. The second-order valence-corrected chi connectivity index (χ2v) is 15.5. The Labute approximate surface area is 274 Å². The summed E-state index contributed by atoms with van der Waals surface area (Å²) >= 11 is 0. The van der Waals surface area contributed by atoms with Gasteiger partial charge in [0.1, 0.15) is 18.0 Å². The number of carbonyl (C=O) groups excluding carboxylic acids is 1. The van der Waals surface area contributed by atoms with E-state index in [0.29, 0.717) is 4.90 Å². The Morgan fingerprint density at radius 1 is 0.771 bits per heavy atom. The van der Waals surface area contributed by atoms with Gasteiger partial charge in [-0.1, -0.05) is 30.3 Å². The summed E-state index contributed by atoms with van der Waals surface area (Å²) < 4.78 is 107. The SMILES string of the molecule is CN(C(=O)O)c1cc(F)c(N2CCS(=O)(=O)CC2)c(F)c1.O=C(Nc1cc(F)c(N2CCS(=O)(=O)CC2)c(F)c1)OCc1ccccc1. The van der Waals surface area contributed by atoms with E-state index in [0.717, 1.165) is 29.8 Å². The summed E-state index contributed by atoms with van der Waals surface area (Å²) in [5.41, 5.74) is -0.0664. The highest BCUT2D eigenvalue weighted by Crippen LogP contribution is 2.30. The van der Waals surface area contributed by atoms with Crippen LogP contribution in [0.15, 0.2) is 54.6 Å². The van der Waals surface area contributed by atoms with E-state index < -0.39 is 55.1 Å². The number of nitrogens with one attached hydrogen (secondary N) is 1. The molecule has 0 bridgehead atoms. The molecule has 260 valence electrons. The second-order valence-electron chi connectivity index (χ2n) is 10.9. The van der Waals surface area contributed by atoms with Gasteiger partial charge in [0.25, 0.3) is 0 Å². The number of amides is 2. The predicted octanol–water partition coefficient (Wildman–Crippen LogP) is 4.26. The van der Waals surface area contributed by atoms with Crippen molar-refractivity contribution < 1.29 is 53.8 Å². The molecule has 48 heavy (non-hydrogen) atoms. The van der Waals surface area contributed by atoms with Gasteiger partial charge in [0.15, 0.2) is 42.9 Å². The van der Waals surface area contributed by atoms with Crippen molar-refractivity contribution in [2.75, 3.05) is 76.3 Å². The molecule has 0 aliphatic carbocycles. The molecular formula is C30H32F4N4O8S2. The summed E-state index contributed by atoms with van der Waals surface area (Å²) in [6.45, 7) is 0.0662. The van der Waals surface area contributed by atoms with Crippen molar-refractivity contribution in [2.45, 2.75) is 6.61 Å². The minimum absolute atomic E-state index is 0.00426. The Bertz CT molecular complexity index is 1810. The molecule has 0 atom stereocenters. The highest BCUT2D eigenvalue weighted by Gasteiger charge is 2.28. The Balaban J connectivity index is 0.000000224. The van der Waals surface area contributed by atoms with Crippen molar-refractivity contribution in [1.29, 1.82) is 0 Å². The number of halogens is 4. The van der Waals surface area contributed by atoms with E-state index in [1.165, 1.54) is 16.8 Å². The van der Waals surface area contributed by atoms with Gasteiger partial charge in [-0.2, -0.15) is 0 Å². The highest BCUT2D eigenvalue weighted by molar-refractivity contribution is 7.91. The van der Waals surface area contributed by atoms with Gasteiger partial charge in [0.2, 0.25) is 0 Å². The number of ether oxygens (including phenoxy) is 1. The lowest BCUT2D eigenvalue weighted by Crippen LogP contribution is -2.41. The number of sulfone groups is 2. The van der Waals surface area contributed by atoms with Crippen LogP contribution in [-0.2, 0) is 31.0 Å². The monoisotopic (exact) mass is 716 g/mol. The number of hydrogen-bond acceptors (Lipinski definition) is 9. The van der Waals surface area contributed by atoms with Gasteiger partial charge in [0, 0.05) is 51.0 Å². The van der Waals surface area contributed by atoms with Gasteiger partial charge in [-0.05, 0) is 17.7 Å². The first kappa shape index (κ1) is 36.3. The van der Waals surface area contributed by atoms with E-state index in [9.17, 15) is 44.0 Å². The van der Waals surface area contributed by atoms with Gasteiger partial charge in [-0.25, -0.2) is 44.0 Å². The van der Waals surface area contributed by atoms with Crippen LogP contribution in [0.2, 0.25) is 0 Å². The van der Waals surface area contributed by atoms with Gasteiger partial charge in [-0.3, -0.25) is 10.2 Å². The molecule has 18 heteroatoms. The molecule has 2 aliphatic rings. The molecular weight excluding hydrogens is 684 g/mol. The molecule has 2 heterocycles. The zero-order valence-electron chi connectivity index (χ0n) is 25.5. The van der Waals surface area contributed by atoms with Crippen LogP contribution in [0.1, 0.15) is 5.56 Å². The maximum Gasteiger partial charge on any atom is 0.411 e. The average Bonchev–Trinajstić information content (AvgIpc) is 3.01. The molecule has 0 radical (unpaired) electrons. The first-order valence-electron chi connectivity index (χ1n) is 14.4. The zero-order chi connectivity index (χ0) is 35.2. The van der Waals surface area contributed by atoms with Crippen LogP contribution in [-0.4, -0.2) is 90.4 Å². The van der Waals surface area contributed by atoms with Crippen molar-refractivity contribution in [2.24, 2.45) is 0 Å². The normalized spacial score (nSPS) is 16.7. The van der Waals surface area contributed by atoms with Crippen LogP contribution in [0.3, 0.4) is 0 Å². The Kier molecular flexibility index (Phi) is 11.4. The molecule has 0 saturated carbocycles. The molecule has 2 N–H and O–H groups in total. The lowest BCUT2D eigenvalue weighted by atomic mass is 10.2. The quantitative estimate of drug-likeness (QED) is 0.354. The molecule has 2 saturated heterocycles. The summed E-state index contributed by atoms with van der Waals surface area (Å²) in [6.07, 6.45) is -2.18. The Morgan fingerprint density at radius 2 is 1.19 bits per heavy atom. The maximum atomic E-state index is 14.4. The van der Waals surface area contributed by atoms with E-state index >= 15 is 0 Å².